The number of hydrogen-bond donors (Lipinski definition) is 0. The number of esters is 1. The Bertz CT molecular complexity index is 683. The Hall–Kier alpha value is -2.41. The van der Waals surface area contributed by atoms with E-state index in [4.69, 9.17) is 14.0 Å². The van der Waals surface area contributed by atoms with Gasteiger partial charge in [0.25, 0.3) is 0 Å². The molecule has 24 heavy (non-hydrogen) atoms. The van der Waals surface area contributed by atoms with Gasteiger partial charge >= 0.3 is 5.97 Å². The standard InChI is InChI=1S/C17H21N3O4/c1-22-13-8-6-12(7-9-13)16-18-15(24-19-16)11-20-10-4-3-5-14(20)17(21)23-2/h6-9,14H,3-5,10-11H2,1-2H3/t14-/m0/s1. The quantitative estimate of drug-likeness (QED) is 0.778. The van der Waals surface area contributed by atoms with Crippen LogP contribution in [0.3, 0.4) is 0 Å². The number of benzene rings is 1. The van der Waals surface area contributed by atoms with Crippen LogP contribution in [0.2, 0.25) is 0 Å². The minimum Gasteiger partial charge on any atom is -0.497 e. The first kappa shape index (κ1) is 16.4. The zero-order valence-corrected chi connectivity index (χ0v) is 13.9. The van der Waals surface area contributed by atoms with Crippen LogP contribution in [-0.4, -0.2) is 47.8 Å². The summed E-state index contributed by atoms with van der Waals surface area (Å²) < 4.78 is 15.4. The topological polar surface area (TPSA) is 77.7 Å². The van der Waals surface area contributed by atoms with Gasteiger partial charge < -0.3 is 14.0 Å². The average Bonchev–Trinajstić information content (AvgIpc) is 3.10. The van der Waals surface area contributed by atoms with E-state index < -0.39 is 0 Å². The number of carbonyl (C=O) groups is 1. The minimum atomic E-state index is -0.236. The minimum absolute atomic E-state index is 0.204. The highest BCUT2D eigenvalue weighted by molar-refractivity contribution is 5.75. The molecule has 7 nitrogen and oxygen atoms in total. The van der Waals surface area contributed by atoms with Gasteiger partial charge in [-0.05, 0) is 43.7 Å². The van der Waals surface area contributed by atoms with E-state index in [1.54, 1.807) is 7.11 Å². The second-order valence-electron chi connectivity index (χ2n) is 5.75. The van der Waals surface area contributed by atoms with Crippen molar-refractivity contribution in [3.05, 3.63) is 30.2 Å². The molecule has 0 amide bonds. The van der Waals surface area contributed by atoms with Gasteiger partial charge in [0, 0.05) is 5.56 Å². The Labute approximate surface area is 140 Å². The summed E-state index contributed by atoms with van der Waals surface area (Å²) in [5.74, 6) is 1.59. The third-order valence-corrected chi connectivity index (χ3v) is 4.24. The zero-order valence-electron chi connectivity index (χ0n) is 13.9. The highest BCUT2D eigenvalue weighted by atomic mass is 16.5. The van der Waals surface area contributed by atoms with Crippen LogP contribution in [0.4, 0.5) is 0 Å². The molecule has 1 aromatic heterocycles. The van der Waals surface area contributed by atoms with E-state index >= 15 is 0 Å². The summed E-state index contributed by atoms with van der Waals surface area (Å²) in [6.45, 7) is 1.27. The predicted molar refractivity (Wildman–Crippen MR) is 86.4 cm³/mol. The first-order valence-electron chi connectivity index (χ1n) is 8.00. The molecule has 7 heteroatoms. The van der Waals surface area contributed by atoms with E-state index in [2.05, 4.69) is 10.1 Å². The molecule has 0 aliphatic carbocycles. The number of nitrogens with zero attached hydrogens (tertiary/aromatic N) is 3. The molecule has 1 aromatic carbocycles. The summed E-state index contributed by atoms with van der Waals surface area (Å²) in [6.07, 6.45) is 2.87. The van der Waals surface area contributed by atoms with Crippen LogP contribution in [0, 0.1) is 0 Å². The van der Waals surface area contributed by atoms with Crippen LogP contribution in [-0.2, 0) is 16.1 Å². The van der Waals surface area contributed by atoms with Crippen molar-refractivity contribution >= 4 is 5.97 Å². The summed E-state index contributed by atoms with van der Waals surface area (Å²) in [6, 6.07) is 7.23. The molecule has 0 unspecified atom stereocenters. The first-order valence-corrected chi connectivity index (χ1v) is 8.00. The Balaban J connectivity index is 1.71. The largest absolute Gasteiger partial charge is 0.497 e. The van der Waals surface area contributed by atoms with E-state index in [0.29, 0.717) is 18.3 Å². The summed E-state index contributed by atoms with van der Waals surface area (Å²) in [5.41, 5.74) is 0.856. The van der Waals surface area contributed by atoms with Gasteiger partial charge in [0.2, 0.25) is 11.7 Å². The van der Waals surface area contributed by atoms with Crippen LogP contribution in [0.15, 0.2) is 28.8 Å². The highest BCUT2D eigenvalue weighted by Crippen LogP contribution is 2.23. The lowest BCUT2D eigenvalue weighted by atomic mass is 10.0. The van der Waals surface area contributed by atoms with Crippen LogP contribution in [0.1, 0.15) is 25.2 Å². The van der Waals surface area contributed by atoms with Gasteiger partial charge in [-0.1, -0.05) is 11.6 Å². The van der Waals surface area contributed by atoms with Crippen molar-refractivity contribution in [3.8, 4) is 17.1 Å². The van der Waals surface area contributed by atoms with Gasteiger partial charge in [0.05, 0.1) is 20.8 Å². The molecule has 1 fully saturated rings. The van der Waals surface area contributed by atoms with Crippen molar-refractivity contribution in [2.75, 3.05) is 20.8 Å². The molecule has 1 aliphatic heterocycles. The molecular formula is C17H21N3O4. The molecule has 3 rings (SSSR count). The Morgan fingerprint density at radius 3 is 2.79 bits per heavy atom. The summed E-state index contributed by atoms with van der Waals surface area (Å²) in [7, 11) is 3.04. The summed E-state index contributed by atoms with van der Waals surface area (Å²) in [4.78, 5) is 18.4. The molecule has 0 bridgehead atoms. The van der Waals surface area contributed by atoms with Crippen LogP contribution < -0.4 is 4.74 Å². The van der Waals surface area contributed by atoms with Crippen molar-refractivity contribution in [1.29, 1.82) is 0 Å². The lowest BCUT2D eigenvalue weighted by Crippen LogP contribution is -2.44. The van der Waals surface area contributed by atoms with Gasteiger partial charge in [0.15, 0.2) is 0 Å². The lowest BCUT2D eigenvalue weighted by molar-refractivity contribution is -0.148. The van der Waals surface area contributed by atoms with E-state index in [0.717, 1.165) is 37.1 Å². The maximum atomic E-state index is 11.9. The van der Waals surface area contributed by atoms with Crippen LogP contribution in [0.25, 0.3) is 11.4 Å². The maximum Gasteiger partial charge on any atom is 0.323 e. The Morgan fingerprint density at radius 1 is 1.29 bits per heavy atom. The number of aromatic nitrogens is 2. The molecule has 0 N–H and O–H groups in total. The number of ether oxygens (including phenoxy) is 2. The fourth-order valence-electron chi connectivity index (χ4n) is 2.93. The molecule has 2 heterocycles. The van der Waals surface area contributed by atoms with E-state index in [9.17, 15) is 4.79 Å². The van der Waals surface area contributed by atoms with E-state index in [-0.39, 0.29) is 12.0 Å². The van der Waals surface area contributed by atoms with Gasteiger partial charge in [-0.3, -0.25) is 9.69 Å². The molecule has 1 saturated heterocycles. The molecule has 128 valence electrons. The molecule has 0 saturated carbocycles. The smallest absolute Gasteiger partial charge is 0.323 e. The second kappa shape index (κ2) is 7.44. The monoisotopic (exact) mass is 331 g/mol. The third-order valence-electron chi connectivity index (χ3n) is 4.24. The van der Waals surface area contributed by atoms with Crippen molar-refractivity contribution in [1.82, 2.24) is 15.0 Å². The highest BCUT2D eigenvalue weighted by Gasteiger charge is 2.30. The fraction of sp³-hybridized carbons (Fsp3) is 0.471. The van der Waals surface area contributed by atoms with Gasteiger partial charge in [-0.25, -0.2) is 0 Å². The molecule has 0 spiro atoms. The summed E-state index contributed by atoms with van der Waals surface area (Å²) in [5, 5.41) is 4.03. The normalized spacial score (nSPS) is 18.3. The molecule has 0 radical (unpaired) electrons. The van der Waals surface area contributed by atoms with Gasteiger partial charge in [-0.2, -0.15) is 4.98 Å². The zero-order chi connectivity index (χ0) is 16.9. The van der Waals surface area contributed by atoms with Crippen molar-refractivity contribution < 1.29 is 18.8 Å². The third kappa shape index (κ3) is 3.56. The number of methoxy groups -OCH3 is 2. The molecule has 2 aromatic rings. The van der Waals surface area contributed by atoms with Crippen molar-refractivity contribution in [2.24, 2.45) is 0 Å². The van der Waals surface area contributed by atoms with E-state index in [1.165, 1.54) is 7.11 Å². The second-order valence-corrected chi connectivity index (χ2v) is 5.75. The van der Waals surface area contributed by atoms with Crippen molar-refractivity contribution in [3.63, 3.8) is 0 Å². The Morgan fingerprint density at radius 2 is 2.08 bits per heavy atom. The number of rotatable bonds is 5. The van der Waals surface area contributed by atoms with Crippen LogP contribution >= 0.6 is 0 Å². The maximum absolute atomic E-state index is 11.9. The van der Waals surface area contributed by atoms with Crippen molar-refractivity contribution in [2.45, 2.75) is 31.8 Å². The van der Waals surface area contributed by atoms with Gasteiger partial charge in [0.1, 0.15) is 11.8 Å². The number of piperidine rings is 1. The molecular weight excluding hydrogens is 310 g/mol. The average molecular weight is 331 g/mol. The SMILES string of the molecule is COC(=O)[C@@H]1CCCCN1Cc1nc(-c2ccc(OC)cc2)no1. The lowest BCUT2D eigenvalue weighted by Gasteiger charge is -2.32. The van der Waals surface area contributed by atoms with E-state index in [1.807, 2.05) is 29.2 Å². The first-order chi connectivity index (χ1) is 11.7. The number of hydrogen-bond acceptors (Lipinski definition) is 7. The van der Waals surface area contributed by atoms with Gasteiger partial charge in [-0.15, -0.1) is 0 Å². The summed E-state index contributed by atoms with van der Waals surface area (Å²) >= 11 is 0. The fourth-order valence-corrected chi connectivity index (χ4v) is 2.93. The molecule has 1 aliphatic rings. The number of likely N-dealkylation sites (tertiary alicyclic amines) is 1. The predicted octanol–water partition coefficient (Wildman–Crippen LogP) is 2.27. The number of carbonyl (C=O) groups excluding carboxylic acids is 1. The Kier molecular flexibility index (Phi) is 5.10. The molecule has 1 atom stereocenters. The van der Waals surface area contributed by atoms with Crippen LogP contribution in [0.5, 0.6) is 5.75 Å².